The van der Waals surface area contributed by atoms with Crippen LogP contribution in [0.3, 0.4) is 0 Å². The molecule has 1 saturated carbocycles. The molecule has 1 aliphatic carbocycles. The number of benzene rings is 1. The van der Waals surface area contributed by atoms with Gasteiger partial charge < -0.3 is 0 Å². The second-order valence-electron chi connectivity index (χ2n) is 5.52. The minimum atomic E-state index is 0.657. The number of hydrogen-bond donors (Lipinski definition) is 0. The Morgan fingerprint density at radius 1 is 1.29 bits per heavy atom. The van der Waals surface area contributed by atoms with Crippen LogP contribution in [0.2, 0.25) is 0 Å². The van der Waals surface area contributed by atoms with Crippen molar-refractivity contribution < 1.29 is 0 Å². The Bertz CT molecular complexity index is 339. The van der Waals surface area contributed by atoms with E-state index in [0.717, 1.165) is 5.92 Å². The summed E-state index contributed by atoms with van der Waals surface area (Å²) in [7, 11) is 0. The van der Waals surface area contributed by atoms with E-state index in [4.69, 9.17) is 0 Å². The second-order valence-corrected chi connectivity index (χ2v) is 6.81. The molecule has 0 N–H and O–H groups in total. The molecule has 0 radical (unpaired) electrons. The van der Waals surface area contributed by atoms with Crippen LogP contribution in [0.1, 0.15) is 49.7 Å². The second kappa shape index (κ2) is 6.58. The van der Waals surface area contributed by atoms with Crippen LogP contribution in [0, 0.1) is 12.8 Å². The van der Waals surface area contributed by atoms with Gasteiger partial charge in [-0.1, -0.05) is 71.4 Å². The fourth-order valence-corrected chi connectivity index (χ4v) is 3.55. The average Bonchev–Trinajstić information content (AvgIpc) is 2.79. The molecule has 1 atom stereocenters. The van der Waals surface area contributed by atoms with Crippen LogP contribution in [-0.2, 0) is 6.42 Å². The minimum absolute atomic E-state index is 0.657. The van der Waals surface area contributed by atoms with Gasteiger partial charge in [-0.3, -0.25) is 0 Å². The molecule has 17 heavy (non-hydrogen) atoms. The van der Waals surface area contributed by atoms with E-state index in [1.807, 2.05) is 0 Å². The molecule has 0 nitrogen and oxygen atoms in total. The first-order valence-corrected chi connectivity index (χ1v) is 7.85. The molecule has 1 aromatic rings. The van der Waals surface area contributed by atoms with Crippen molar-refractivity contribution >= 4 is 15.9 Å². The summed E-state index contributed by atoms with van der Waals surface area (Å²) in [4.78, 5) is 0.657. The fraction of sp³-hybridized carbons (Fsp3) is 0.625. The lowest BCUT2D eigenvalue weighted by atomic mass is 9.98. The molecule has 1 aromatic carbocycles. The van der Waals surface area contributed by atoms with E-state index in [1.165, 1.54) is 56.1 Å². The third-order valence-corrected chi connectivity index (χ3v) is 4.68. The van der Waals surface area contributed by atoms with E-state index in [-0.39, 0.29) is 0 Å². The normalized spacial score (nSPS) is 18.5. The van der Waals surface area contributed by atoms with E-state index in [2.05, 4.69) is 47.1 Å². The fourth-order valence-electron chi connectivity index (χ4n) is 2.91. The first-order chi connectivity index (χ1) is 8.24. The molecule has 1 aliphatic rings. The zero-order chi connectivity index (χ0) is 12.1. The number of rotatable bonds is 5. The Morgan fingerprint density at radius 3 is 2.76 bits per heavy atom. The topological polar surface area (TPSA) is 0 Å². The Balaban J connectivity index is 1.74. The van der Waals surface area contributed by atoms with E-state index in [0.29, 0.717) is 4.83 Å². The van der Waals surface area contributed by atoms with Gasteiger partial charge in [-0.05, 0) is 37.7 Å². The van der Waals surface area contributed by atoms with Gasteiger partial charge >= 0.3 is 0 Å². The van der Waals surface area contributed by atoms with E-state index < -0.39 is 0 Å². The van der Waals surface area contributed by atoms with Gasteiger partial charge in [0.1, 0.15) is 0 Å². The molecule has 94 valence electrons. The predicted octanol–water partition coefficient (Wildman–Crippen LogP) is 5.27. The van der Waals surface area contributed by atoms with Crippen molar-refractivity contribution in [3.63, 3.8) is 0 Å². The highest BCUT2D eigenvalue weighted by atomic mass is 79.9. The Hall–Kier alpha value is -0.300. The molecule has 0 aliphatic heterocycles. The van der Waals surface area contributed by atoms with Crippen LogP contribution in [0.4, 0.5) is 0 Å². The van der Waals surface area contributed by atoms with E-state index in [9.17, 15) is 0 Å². The van der Waals surface area contributed by atoms with Gasteiger partial charge in [0.15, 0.2) is 0 Å². The van der Waals surface area contributed by atoms with E-state index >= 15 is 0 Å². The molecule has 1 heteroatoms. The molecule has 0 saturated heterocycles. The van der Waals surface area contributed by atoms with Gasteiger partial charge in [0.25, 0.3) is 0 Å². The maximum Gasteiger partial charge on any atom is 0.0186 e. The first-order valence-electron chi connectivity index (χ1n) is 6.93. The summed E-state index contributed by atoms with van der Waals surface area (Å²) in [5.74, 6) is 1.02. The molecule has 0 heterocycles. The monoisotopic (exact) mass is 294 g/mol. The molecule has 0 amide bonds. The summed E-state index contributed by atoms with van der Waals surface area (Å²) in [6, 6.07) is 8.90. The van der Waals surface area contributed by atoms with Crippen molar-refractivity contribution in [3.05, 3.63) is 35.4 Å². The van der Waals surface area contributed by atoms with Crippen LogP contribution in [0.25, 0.3) is 0 Å². The third-order valence-electron chi connectivity index (χ3n) is 3.90. The molecule has 1 fully saturated rings. The summed E-state index contributed by atoms with van der Waals surface area (Å²) in [5.41, 5.74) is 2.84. The molecular weight excluding hydrogens is 272 g/mol. The van der Waals surface area contributed by atoms with Gasteiger partial charge in [0, 0.05) is 4.83 Å². The first kappa shape index (κ1) is 13.1. The number of alkyl halides is 1. The Labute approximate surface area is 114 Å². The third kappa shape index (κ3) is 4.46. The van der Waals surface area contributed by atoms with Gasteiger partial charge in [0.05, 0.1) is 0 Å². The van der Waals surface area contributed by atoms with Crippen molar-refractivity contribution in [1.82, 2.24) is 0 Å². The van der Waals surface area contributed by atoms with Crippen LogP contribution in [0.15, 0.2) is 24.3 Å². The smallest absolute Gasteiger partial charge is 0.0186 e. The highest BCUT2D eigenvalue weighted by Crippen LogP contribution is 2.30. The lowest BCUT2D eigenvalue weighted by Crippen LogP contribution is -2.05. The van der Waals surface area contributed by atoms with Crippen molar-refractivity contribution in [1.29, 1.82) is 0 Å². The minimum Gasteiger partial charge on any atom is -0.0887 e. The van der Waals surface area contributed by atoms with Gasteiger partial charge in [-0.15, -0.1) is 0 Å². The van der Waals surface area contributed by atoms with Crippen LogP contribution < -0.4 is 0 Å². The predicted molar refractivity (Wildman–Crippen MR) is 78.8 cm³/mol. The summed E-state index contributed by atoms with van der Waals surface area (Å²) in [6.45, 7) is 2.17. The number of aryl methyl sites for hydroxylation is 1. The number of hydrogen-bond acceptors (Lipinski definition) is 0. The van der Waals surface area contributed by atoms with Gasteiger partial charge in [-0.2, -0.15) is 0 Å². The molecule has 2 rings (SSSR count). The molecule has 0 spiro atoms. The van der Waals surface area contributed by atoms with Crippen molar-refractivity contribution in [2.45, 2.75) is 56.7 Å². The quantitative estimate of drug-likeness (QED) is 0.649. The van der Waals surface area contributed by atoms with Crippen molar-refractivity contribution in [2.24, 2.45) is 5.92 Å². The van der Waals surface area contributed by atoms with Gasteiger partial charge in [0.2, 0.25) is 0 Å². The molecule has 0 bridgehead atoms. The largest absolute Gasteiger partial charge is 0.0887 e. The molecule has 1 unspecified atom stereocenters. The highest BCUT2D eigenvalue weighted by Gasteiger charge is 2.16. The Morgan fingerprint density at radius 2 is 2.06 bits per heavy atom. The maximum absolute atomic E-state index is 3.85. The highest BCUT2D eigenvalue weighted by molar-refractivity contribution is 9.09. The van der Waals surface area contributed by atoms with Crippen molar-refractivity contribution in [2.75, 3.05) is 0 Å². The lowest BCUT2D eigenvalue weighted by Gasteiger charge is -2.13. The zero-order valence-corrected chi connectivity index (χ0v) is 12.4. The lowest BCUT2D eigenvalue weighted by molar-refractivity contribution is 0.479. The Kier molecular flexibility index (Phi) is 5.09. The zero-order valence-electron chi connectivity index (χ0n) is 10.8. The van der Waals surface area contributed by atoms with Gasteiger partial charge in [-0.25, -0.2) is 0 Å². The van der Waals surface area contributed by atoms with Crippen LogP contribution in [-0.4, -0.2) is 4.83 Å². The SMILES string of the molecule is Cc1cccc(CC(Br)CCC2CCCC2)c1. The van der Waals surface area contributed by atoms with Crippen molar-refractivity contribution in [3.8, 4) is 0 Å². The number of halogens is 1. The average molecular weight is 295 g/mol. The molecule has 0 aromatic heterocycles. The summed E-state index contributed by atoms with van der Waals surface area (Å²) < 4.78 is 0. The summed E-state index contributed by atoms with van der Waals surface area (Å²) in [5, 5.41) is 0. The van der Waals surface area contributed by atoms with Crippen LogP contribution >= 0.6 is 15.9 Å². The van der Waals surface area contributed by atoms with E-state index in [1.54, 1.807) is 0 Å². The molecular formula is C16H23Br. The summed E-state index contributed by atoms with van der Waals surface area (Å²) >= 11 is 3.85. The summed E-state index contributed by atoms with van der Waals surface area (Å²) in [6.07, 6.45) is 9.81. The standard InChI is InChI=1S/C16H23Br/c1-13-5-4-8-15(11-13)12-16(17)10-9-14-6-2-3-7-14/h4-5,8,11,14,16H,2-3,6-7,9-10,12H2,1H3. The maximum atomic E-state index is 3.85. The van der Waals surface area contributed by atoms with Crippen LogP contribution in [0.5, 0.6) is 0 Å².